The molecule has 0 saturated carbocycles. The molecule has 0 aromatic heterocycles. The van der Waals surface area contributed by atoms with Crippen LogP contribution < -0.4 is 0 Å². The van der Waals surface area contributed by atoms with Crippen LogP contribution in [0.25, 0.3) is 6.08 Å². The van der Waals surface area contributed by atoms with Crippen molar-refractivity contribution in [3.05, 3.63) is 76.9 Å². The molecule has 0 aliphatic heterocycles. The fourth-order valence-electron chi connectivity index (χ4n) is 3.14. The third kappa shape index (κ3) is 7.29. The first-order chi connectivity index (χ1) is 15.1. The minimum Gasteiger partial charge on any atom is -0.461 e. The molecule has 2 aromatic rings. The highest BCUT2D eigenvalue weighted by Crippen LogP contribution is 2.23. The lowest BCUT2D eigenvalue weighted by Gasteiger charge is -2.14. The van der Waals surface area contributed by atoms with Crippen LogP contribution in [0.1, 0.15) is 55.9 Å². The van der Waals surface area contributed by atoms with Gasteiger partial charge in [-0.3, -0.25) is 4.79 Å². The maximum atomic E-state index is 13.9. The Kier molecular flexibility index (Phi) is 9.12. The van der Waals surface area contributed by atoms with Crippen molar-refractivity contribution >= 4 is 18.0 Å². The molecule has 0 spiro atoms. The lowest BCUT2D eigenvalue weighted by Crippen LogP contribution is -2.28. The van der Waals surface area contributed by atoms with Crippen molar-refractivity contribution in [2.24, 2.45) is 5.92 Å². The first kappa shape index (κ1) is 25.2. The summed E-state index contributed by atoms with van der Waals surface area (Å²) < 4.78 is 37.6. The third-order valence-corrected chi connectivity index (χ3v) is 4.92. The molecule has 0 bridgehead atoms. The van der Waals surface area contributed by atoms with Gasteiger partial charge < -0.3 is 9.47 Å². The first-order valence-corrected chi connectivity index (χ1v) is 10.7. The van der Waals surface area contributed by atoms with Gasteiger partial charge in [0.1, 0.15) is 6.61 Å². The maximum absolute atomic E-state index is 13.9. The molecular weight excluding hydrogens is 414 g/mol. The number of hydrogen-bond donors (Lipinski definition) is 0. The lowest BCUT2D eigenvalue weighted by molar-refractivity contribution is -0.164. The molecule has 32 heavy (non-hydrogen) atoms. The molecule has 0 saturated heterocycles. The fourth-order valence-corrected chi connectivity index (χ4v) is 3.14. The van der Waals surface area contributed by atoms with Crippen LogP contribution in [0.2, 0.25) is 0 Å². The van der Waals surface area contributed by atoms with Crippen molar-refractivity contribution in [2.75, 3.05) is 6.61 Å². The van der Waals surface area contributed by atoms with Crippen LogP contribution in [-0.2, 0) is 32.1 Å². The van der Waals surface area contributed by atoms with Gasteiger partial charge in [-0.1, -0.05) is 68.5 Å². The Morgan fingerprint density at radius 2 is 1.66 bits per heavy atom. The molecule has 0 aliphatic rings. The van der Waals surface area contributed by atoms with E-state index in [1.54, 1.807) is 31.2 Å². The van der Waals surface area contributed by atoms with E-state index in [0.717, 1.165) is 18.1 Å². The highest BCUT2D eigenvalue weighted by Gasteiger charge is 2.37. The Labute approximate surface area is 188 Å². The van der Waals surface area contributed by atoms with Crippen LogP contribution in [0.5, 0.6) is 0 Å². The molecule has 172 valence electrons. The van der Waals surface area contributed by atoms with E-state index < -0.39 is 23.8 Å². The average Bonchev–Trinajstić information content (AvgIpc) is 2.76. The monoisotopic (exact) mass is 444 g/mol. The molecule has 0 amide bonds. The maximum Gasteiger partial charge on any atom is 0.381 e. The van der Waals surface area contributed by atoms with Gasteiger partial charge in [0.2, 0.25) is 0 Å². The Bertz CT molecular complexity index is 933. The molecule has 2 aromatic carbocycles. The van der Waals surface area contributed by atoms with Crippen LogP contribution in [0.4, 0.5) is 8.78 Å². The zero-order chi connectivity index (χ0) is 23.7. The first-order valence-electron chi connectivity index (χ1n) is 10.7. The summed E-state index contributed by atoms with van der Waals surface area (Å²) in [6, 6.07) is 14.6. The van der Waals surface area contributed by atoms with Crippen LogP contribution in [0, 0.1) is 5.92 Å². The van der Waals surface area contributed by atoms with E-state index in [1.807, 2.05) is 24.3 Å². The van der Waals surface area contributed by atoms with Crippen molar-refractivity contribution in [2.45, 2.75) is 52.6 Å². The second-order valence-corrected chi connectivity index (χ2v) is 8.04. The second-order valence-electron chi connectivity index (χ2n) is 8.04. The minimum absolute atomic E-state index is 0.0693. The molecule has 1 unspecified atom stereocenters. The molecule has 0 fully saturated rings. The Hall–Kier alpha value is -3.02. The number of hydrogen-bond acceptors (Lipinski definition) is 4. The molecule has 0 N–H and O–H groups in total. The number of alkyl halides is 2. The van der Waals surface area contributed by atoms with Gasteiger partial charge in [-0.2, -0.15) is 8.78 Å². The van der Waals surface area contributed by atoms with Crippen molar-refractivity contribution in [3.8, 4) is 0 Å². The molecule has 4 nitrogen and oxygen atoms in total. The van der Waals surface area contributed by atoms with Crippen LogP contribution >= 0.6 is 0 Å². The molecule has 2 rings (SSSR count). The summed E-state index contributed by atoms with van der Waals surface area (Å²) >= 11 is 0. The predicted octanol–water partition coefficient (Wildman–Crippen LogP) is 5.94. The number of esters is 2. The Morgan fingerprint density at radius 1 is 1.00 bits per heavy atom. The van der Waals surface area contributed by atoms with Gasteiger partial charge in [-0.25, -0.2) is 4.79 Å². The molecule has 1 atom stereocenters. The molecule has 0 radical (unpaired) electrons. The number of benzene rings is 2. The molecule has 0 aliphatic carbocycles. The van der Waals surface area contributed by atoms with E-state index >= 15 is 0 Å². The summed E-state index contributed by atoms with van der Waals surface area (Å²) in [5, 5.41) is 0. The number of halogens is 2. The third-order valence-electron chi connectivity index (χ3n) is 4.92. The number of ether oxygens (including phenoxy) is 2. The summed E-state index contributed by atoms with van der Waals surface area (Å²) in [6.45, 7) is 7.33. The van der Waals surface area contributed by atoms with Gasteiger partial charge >= 0.3 is 17.9 Å². The Balaban J connectivity index is 2.04. The van der Waals surface area contributed by atoms with Crippen molar-refractivity contribution in [1.29, 1.82) is 0 Å². The number of carbonyl (C=O) groups excluding carboxylic acids is 2. The van der Waals surface area contributed by atoms with Gasteiger partial charge in [-0.05, 0) is 54.5 Å². The lowest BCUT2D eigenvalue weighted by atomic mass is 9.97. The van der Waals surface area contributed by atoms with E-state index in [2.05, 4.69) is 18.6 Å². The molecular formula is C26H30F2O4. The normalized spacial score (nSPS) is 12.7. The van der Waals surface area contributed by atoms with E-state index in [9.17, 15) is 18.4 Å². The highest BCUT2D eigenvalue weighted by atomic mass is 19.3. The SMILES string of the molecule is CCOC(=O)C(F)(F)C=Cc1ccccc1COC(=O)C(C)c1ccc(CC(C)C)cc1. The number of rotatable bonds is 10. The molecule has 6 heteroatoms. The van der Waals surface area contributed by atoms with E-state index in [-0.39, 0.29) is 13.2 Å². The number of carbonyl (C=O) groups is 2. The zero-order valence-electron chi connectivity index (χ0n) is 18.9. The summed E-state index contributed by atoms with van der Waals surface area (Å²) in [4.78, 5) is 23.9. The minimum atomic E-state index is -3.74. The van der Waals surface area contributed by atoms with E-state index in [4.69, 9.17) is 4.74 Å². The average molecular weight is 445 g/mol. The van der Waals surface area contributed by atoms with Gasteiger partial charge in [0.15, 0.2) is 0 Å². The van der Waals surface area contributed by atoms with Gasteiger partial charge in [0, 0.05) is 0 Å². The topological polar surface area (TPSA) is 52.6 Å². The summed E-state index contributed by atoms with van der Waals surface area (Å²) in [6.07, 6.45) is 2.60. The van der Waals surface area contributed by atoms with Gasteiger partial charge in [-0.15, -0.1) is 0 Å². The quantitative estimate of drug-likeness (QED) is 0.425. The zero-order valence-corrected chi connectivity index (χ0v) is 18.9. The van der Waals surface area contributed by atoms with Crippen LogP contribution in [-0.4, -0.2) is 24.5 Å². The molecule has 0 heterocycles. The largest absolute Gasteiger partial charge is 0.461 e. The van der Waals surface area contributed by atoms with Crippen molar-refractivity contribution in [3.63, 3.8) is 0 Å². The van der Waals surface area contributed by atoms with E-state index in [1.165, 1.54) is 12.5 Å². The predicted molar refractivity (Wildman–Crippen MR) is 120 cm³/mol. The fraction of sp³-hybridized carbons (Fsp3) is 0.385. The Morgan fingerprint density at radius 3 is 2.28 bits per heavy atom. The highest BCUT2D eigenvalue weighted by molar-refractivity contribution is 5.81. The van der Waals surface area contributed by atoms with Gasteiger partial charge in [0.25, 0.3) is 0 Å². The van der Waals surface area contributed by atoms with E-state index in [0.29, 0.717) is 23.1 Å². The summed E-state index contributed by atoms with van der Waals surface area (Å²) in [5.41, 5.74) is 3.04. The summed E-state index contributed by atoms with van der Waals surface area (Å²) in [5.74, 6) is -5.66. The van der Waals surface area contributed by atoms with Crippen LogP contribution in [0.3, 0.4) is 0 Å². The standard InChI is InChI=1S/C26H30F2O4/c1-5-31-25(30)26(27,28)15-14-22-8-6-7-9-23(22)17-32-24(29)19(4)21-12-10-20(11-13-21)16-18(2)3/h6-15,18-19H,5,16-17H2,1-4H3. The summed E-state index contributed by atoms with van der Waals surface area (Å²) in [7, 11) is 0. The van der Waals surface area contributed by atoms with Crippen molar-refractivity contribution < 1.29 is 27.8 Å². The smallest absolute Gasteiger partial charge is 0.381 e. The van der Waals surface area contributed by atoms with Gasteiger partial charge in [0.05, 0.1) is 12.5 Å². The second kappa shape index (κ2) is 11.6. The van der Waals surface area contributed by atoms with Crippen molar-refractivity contribution in [1.82, 2.24) is 0 Å². The van der Waals surface area contributed by atoms with Crippen LogP contribution in [0.15, 0.2) is 54.6 Å².